The molecule has 2 aromatic carbocycles. The number of para-hydroxylation sites is 1. The van der Waals surface area contributed by atoms with Gasteiger partial charge in [0.25, 0.3) is 0 Å². The van der Waals surface area contributed by atoms with Crippen LogP contribution in [0.25, 0.3) is 11.1 Å². The third-order valence-electron chi connectivity index (χ3n) is 3.67. The molecule has 23 heavy (non-hydrogen) atoms. The van der Waals surface area contributed by atoms with E-state index in [0.29, 0.717) is 30.0 Å². The lowest BCUT2D eigenvalue weighted by atomic mass is 10.0. The number of alkyl halides is 3. The molecule has 0 aromatic heterocycles. The average molecular weight is 343 g/mol. The Labute approximate surface area is 136 Å². The largest absolute Gasteiger partial charge is 0.484 e. The zero-order valence-electron chi connectivity index (χ0n) is 12.0. The van der Waals surface area contributed by atoms with Gasteiger partial charge in [0.05, 0.1) is 17.8 Å². The van der Waals surface area contributed by atoms with Gasteiger partial charge < -0.3 is 15.8 Å². The van der Waals surface area contributed by atoms with Gasteiger partial charge in [-0.2, -0.15) is 13.2 Å². The highest BCUT2D eigenvalue weighted by Gasteiger charge is 2.31. The Morgan fingerprint density at radius 3 is 2.65 bits per heavy atom. The molecule has 0 saturated carbocycles. The first-order valence-electron chi connectivity index (χ1n) is 7.01. The molecular formula is C16H14ClF3N2O. The minimum absolute atomic E-state index is 0.0201. The first-order valence-corrected chi connectivity index (χ1v) is 7.38. The number of fused-ring (bicyclic) bond motifs is 1. The summed E-state index contributed by atoms with van der Waals surface area (Å²) in [4.78, 5) is 0. The minimum Gasteiger partial charge on any atom is -0.484 e. The van der Waals surface area contributed by atoms with E-state index in [-0.39, 0.29) is 11.1 Å². The van der Waals surface area contributed by atoms with Gasteiger partial charge in [-0.05, 0) is 18.2 Å². The summed E-state index contributed by atoms with van der Waals surface area (Å²) in [5, 5.41) is 3.22. The smallest absolute Gasteiger partial charge is 0.416 e. The van der Waals surface area contributed by atoms with Crippen molar-refractivity contribution < 1.29 is 17.9 Å². The van der Waals surface area contributed by atoms with Crippen LogP contribution in [0.2, 0.25) is 5.02 Å². The fourth-order valence-corrected chi connectivity index (χ4v) is 2.77. The topological polar surface area (TPSA) is 47.3 Å². The molecular weight excluding hydrogens is 329 g/mol. The Kier molecular flexibility index (Phi) is 4.12. The molecule has 0 bridgehead atoms. The molecule has 0 spiro atoms. The van der Waals surface area contributed by atoms with Crippen molar-refractivity contribution in [3.8, 4) is 16.9 Å². The van der Waals surface area contributed by atoms with Gasteiger partial charge in [0.15, 0.2) is 5.75 Å². The fraction of sp³-hybridized carbons (Fsp3) is 0.250. The molecule has 1 heterocycles. The Bertz CT molecular complexity index is 734. The summed E-state index contributed by atoms with van der Waals surface area (Å²) in [6.07, 6.45) is -4.63. The average Bonchev–Trinajstić information content (AvgIpc) is 2.53. The Balaban J connectivity index is 2.06. The summed E-state index contributed by atoms with van der Waals surface area (Å²) in [6, 6.07) is 8.68. The van der Waals surface area contributed by atoms with Crippen LogP contribution in [0.15, 0.2) is 36.4 Å². The van der Waals surface area contributed by atoms with E-state index in [1.165, 1.54) is 6.07 Å². The van der Waals surface area contributed by atoms with Crippen molar-refractivity contribution in [2.45, 2.75) is 12.3 Å². The molecule has 0 unspecified atom stereocenters. The molecule has 7 heteroatoms. The molecule has 2 aromatic rings. The Morgan fingerprint density at radius 1 is 1.22 bits per heavy atom. The standard InChI is InChI=1S/C16H14ClF3N2O/c17-13-6-9(16(18,19)20)4-5-11(13)12-2-1-3-14-15(12)23-10(7-21)8-22-14/h1-6,10,22H,7-8,21H2/t10-/m0/s1. The van der Waals surface area contributed by atoms with Crippen LogP contribution >= 0.6 is 11.6 Å². The minimum atomic E-state index is -4.43. The summed E-state index contributed by atoms with van der Waals surface area (Å²) in [7, 11) is 0. The van der Waals surface area contributed by atoms with Crippen molar-refractivity contribution in [2.75, 3.05) is 18.4 Å². The molecule has 3 N–H and O–H groups in total. The molecule has 1 atom stereocenters. The lowest BCUT2D eigenvalue weighted by molar-refractivity contribution is -0.137. The van der Waals surface area contributed by atoms with Crippen molar-refractivity contribution in [3.63, 3.8) is 0 Å². The predicted molar refractivity (Wildman–Crippen MR) is 83.9 cm³/mol. The number of rotatable bonds is 2. The lowest BCUT2D eigenvalue weighted by Gasteiger charge is -2.28. The van der Waals surface area contributed by atoms with E-state index in [1.807, 2.05) is 6.07 Å². The van der Waals surface area contributed by atoms with E-state index in [2.05, 4.69) is 5.32 Å². The zero-order valence-corrected chi connectivity index (χ0v) is 12.7. The van der Waals surface area contributed by atoms with Crippen molar-refractivity contribution >= 4 is 17.3 Å². The number of ether oxygens (including phenoxy) is 1. The first kappa shape index (κ1) is 16.0. The van der Waals surface area contributed by atoms with Gasteiger partial charge in [-0.3, -0.25) is 0 Å². The number of nitrogens with two attached hydrogens (primary N) is 1. The number of benzene rings is 2. The van der Waals surface area contributed by atoms with Crippen LogP contribution in [0.5, 0.6) is 5.75 Å². The van der Waals surface area contributed by atoms with Crippen LogP contribution in [0.1, 0.15) is 5.56 Å². The second-order valence-corrected chi connectivity index (χ2v) is 5.64. The number of nitrogens with one attached hydrogen (secondary N) is 1. The van der Waals surface area contributed by atoms with Gasteiger partial charge in [0.1, 0.15) is 6.10 Å². The van der Waals surface area contributed by atoms with Crippen LogP contribution in [0.4, 0.5) is 18.9 Å². The highest BCUT2D eigenvalue weighted by Crippen LogP contribution is 2.43. The third-order valence-corrected chi connectivity index (χ3v) is 3.98. The fourth-order valence-electron chi connectivity index (χ4n) is 2.49. The van der Waals surface area contributed by atoms with Crippen LogP contribution in [-0.2, 0) is 6.18 Å². The van der Waals surface area contributed by atoms with Gasteiger partial charge in [0, 0.05) is 22.7 Å². The maximum Gasteiger partial charge on any atom is 0.416 e. The molecule has 0 radical (unpaired) electrons. The molecule has 1 aliphatic heterocycles. The highest BCUT2D eigenvalue weighted by molar-refractivity contribution is 6.33. The number of halogens is 4. The van der Waals surface area contributed by atoms with Crippen molar-refractivity contribution in [1.29, 1.82) is 0 Å². The SMILES string of the molecule is NC[C@H]1CNc2cccc(-c3ccc(C(F)(F)F)cc3Cl)c2O1. The number of anilines is 1. The molecule has 3 nitrogen and oxygen atoms in total. The van der Waals surface area contributed by atoms with Crippen LogP contribution < -0.4 is 15.8 Å². The van der Waals surface area contributed by atoms with Crippen molar-refractivity contribution in [1.82, 2.24) is 0 Å². The van der Waals surface area contributed by atoms with E-state index < -0.39 is 11.7 Å². The summed E-state index contributed by atoms with van der Waals surface area (Å²) in [5.74, 6) is 0.552. The van der Waals surface area contributed by atoms with Gasteiger partial charge in [-0.15, -0.1) is 0 Å². The maximum atomic E-state index is 12.8. The Hall–Kier alpha value is -1.92. The van der Waals surface area contributed by atoms with E-state index >= 15 is 0 Å². The van der Waals surface area contributed by atoms with E-state index in [1.54, 1.807) is 12.1 Å². The van der Waals surface area contributed by atoms with Gasteiger partial charge in [-0.25, -0.2) is 0 Å². The van der Waals surface area contributed by atoms with E-state index in [0.717, 1.165) is 17.8 Å². The quantitative estimate of drug-likeness (QED) is 0.861. The molecule has 0 saturated heterocycles. The summed E-state index contributed by atoms with van der Waals surface area (Å²) in [6.45, 7) is 0.912. The van der Waals surface area contributed by atoms with Crippen LogP contribution in [0, 0.1) is 0 Å². The number of hydrogen-bond acceptors (Lipinski definition) is 3. The van der Waals surface area contributed by atoms with Crippen molar-refractivity contribution in [2.24, 2.45) is 5.73 Å². The highest BCUT2D eigenvalue weighted by atomic mass is 35.5. The first-order chi connectivity index (χ1) is 10.9. The van der Waals surface area contributed by atoms with Gasteiger partial charge in [0.2, 0.25) is 0 Å². The second kappa shape index (κ2) is 5.94. The molecule has 0 fully saturated rings. The van der Waals surface area contributed by atoms with Crippen LogP contribution in [-0.4, -0.2) is 19.2 Å². The second-order valence-electron chi connectivity index (χ2n) is 5.23. The third kappa shape index (κ3) is 3.09. The predicted octanol–water partition coefficient (Wildman–Crippen LogP) is 4.16. The van der Waals surface area contributed by atoms with E-state index in [4.69, 9.17) is 22.1 Å². The summed E-state index contributed by atoms with van der Waals surface area (Å²) >= 11 is 6.08. The summed E-state index contributed by atoms with van der Waals surface area (Å²) in [5.41, 5.74) is 6.73. The normalized spacial score (nSPS) is 17.2. The molecule has 1 aliphatic rings. The van der Waals surface area contributed by atoms with Gasteiger partial charge in [-0.1, -0.05) is 29.8 Å². The number of hydrogen-bond donors (Lipinski definition) is 2. The molecule has 0 aliphatic carbocycles. The zero-order chi connectivity index (χ0) is 16.6. The summed E-state index contributed by atoms with van der Waals surface area (Å²) < 4.78 is 44.1. The van der Waals surface area contributed by atoms with Crippen LogP contribution in [0.3, 0.4) is 0 Å². The molecule has 3 rings (SSSR count). The maximum absolute atomic E-state index is 12.8. The lowest BCUT2D eigenvalue weighted by Crippen LogP contribution is -2.37. The molecule has 122 valence electrons. The van der Waals surface area contributed by atoms with Gasteiger partial charge >= 0.3 is 6.18 Å². The monoisotopic (exact) mass is 342 g/mol. The molecule has 0 amide bonds. The van der Waals surface area contributed by atoms with E-state index in [9.17, 15) is 13.2 Å². The Morgan fingerprint density at radius 2 is 2.00 bits per heavy atom. The van der Waals surface area contributed by atoms with Crippen molar-refractivity contribution in [3.05, 3.63) is 47.0 Å².